The number of hydrogen-bond acceptors (Lipinski definition) is 3. The maximum atomic E-state index is 12.5. The van der Waals surface area contributed by atoms with Crippen molar-refractivity contribution in [2.45, 2.75) is 25.2 Å². The third-order valence-electron chi connectivity index (χ3n) is 4.29. The summed E-state index contributed by atoms with van der Waals surface area (Å²) in [5, 5.41) is 3.38. The number of fused-ring (bicyclic) bond motifs is 1. The Morgan fingerprint density at radius 1 is 1.10 bits per heavy atom. The van der Waals surface area contributed by atoms with Crippen molar-refractivity contribution in [2.75, 3.05) is 5.32 Å². The van der Waals surface area contributed by atoms with E-state index < -0.39 is 0 Å². The van der Waals surface area contributed by atoms with E-state index in [1.54, 1.807) is 0 Å². The second kappa shape index (κ2) is 4.70. The molecule has 0 bridgehead atoms. The van der Waals surface area contributed by atoms with Crippen LogP contribution in [-0.2, 0) is 0 Å². The normalized spacial score (nSPS) is 19.9. The maximum Gasteiger partial charge on any atom is 0.257 e. The Morgan fingerprint density at radius 3 is 2.71 bits per heavy atom. The summed E-state index contributed by atoms with van der Waals surface area (Å²) in [6, 6.07) is 10.2. The van der Waals surface area contributed by atoms with E-state index in [1.165, 1.54) is 11.3 Å². The predicted octanol–water partition coefficient (Wildman–Crippen LogP) is 3.43. The van der Waals surface area contributed by atoms with Crippen LogP contribution in [0.4, 0.5) is 5.82 Å². The molecule has 21 heavy (non-hydrogen) atoms. The summed E-state index contributed by atoms with van der Waals surface area (Å²) in [7, 11) is 0. The molecule has 2 heterocycles. The molecule has 1 aromatic heterocycles. The van der Waals surface area contributed by atoms with E-state index in [-0.39, 0.29) is 11.5 Å². The van der Waals surface area contributed by atoms with Gasteiger partial charge in [0.1, 0.15) is 5.82 Å². The van der Waals surface area contributed by atoms with Crippen molar-refractivity contribution in [2.24, 2.45) is 0 Å². The van der Waals surface area contributed by atoms with E-state index in [0.29, 0.717) is 4.77 Å². The van der Waals surface area contributed by atoms with Gasteiger partial charge in [0.05, 0.1) is 5.56 Å². The van der Waals surface area contributed by atoms with Crippen molar-refractivity contribution in [3.8, 4) is 0 Å². The van der Waals surface area contributed by atoms with Gasteiger partial charge in [-0.05, 0) is 42.6 Å². The highest BCUT2D eigenvalue weighted by Crippen LogP contribution is 2.45. The Labute approximate surface area is 126 Å². The summed E-state index contributed by atoms with van der Waals surface area (Å²) in [4.78, 5) is 18.3. The van der Waals surface area contributed by atoms with Gasteiger partial charge in [-0.25, -0.2) is 0 Å². The molecule has 0 saturated carbocycles. The molecule has 4 rings (SSSR count). The molecule has 1 aliphatic heterocycles. The number of rotatable bonds is 1. The summed E-state index contributed by atoms with van der Waals surface area (Å²) >= 11 is 5.09. The third kappa shape index (κ3) is 1.96. The molecule has 1 aromatic carbocycles. The van der Waals surface area contributed by atoms with E-state index in [9.17, 15) is 4.79 Å². The topological polar surface area (TPSA) is 60.7 Å². The van der Waals surface area contributed by atoms with Crippen LogP contribution in [0.5, 0.6) is 0 Å². The summed E-state index contributed by atoms with van der Waals surface area (Å²) in [6.45, 7) is 0. The van der Waals surface area contributed by atoms with Crippen LogP contribution < -0.4 is 10.9 Å². The van der Waals surface area contributed by atoms with Crippen molar-refractivity contribution in [3.05, 3.63) is 67.9 Å². The van der Waals surface area contributed by atoms with Gasteiger partial charge in [-0.1, -0.05) is 30.3 Å². The Balaban J connectivity index is 2.00. The standard InChI is InChI=1S/C16H15N3OS/c20-15-13-12(9-5-2-1-3-6-9)10-7-4-8-11(10)17-14(13)18-16(21)19-15/h1-3,5-6,12H,4,7-8H2,(H3,17,18,19,20,21). The van der Waals surface area contributed by atoms with Gasteiger partial charge in [-0.15, -0.1) is 0 Å². The number of allylic oxidation sites excluding steroid dienone is 2. The van der Waals surface area contributed by atoms with Crippen LogP contribution >= 0.6 is 12.2 Å². The van der Waals surface area contributed by atoms with Crippen molar-refractivity contribution in [3.63, 3.8) is 0 Å². The third-order valence-corrected chi connectivity index (χ3v) is 4.49. The molecule has 0 radical (unpaired) electrons. The maximum absolute atomic E-state index is 12.5. The lowest BCUT2D eigenvalue weighted by molar-refractivity contribution is 0.822. The molecule has 106 valence electrons. The molecule has 0 fully saturated rings. The quantitative estimate of drug-likeness (QED) is 0.707. The first-order valence-corrected chi connectivity index (χ1v) is 7.55. The van der Waals surface area contributed by atoms with Crippen LogP contribution in [0.25, 0.3) is 0 Å². The number of aromatic nitrogens is 2. The minimum Gasteiger partial charge on any atom is -0.345 e. The Hall–Kier alpha value is -2.14. The molecule has 3 N–H and O–H groups in total. The number of aromatic amines is 2. The fourth-order valence-electron chi connectivity index (χ4n) is 3.44. The van der Waals surface area contributed by atoms with Crippen LogP contribution in [0.1, 0.15) is 36.3 Å². The molecule has 5 heteroatoms. The summed E-state index contributed by atoms with van der Waals surface area (Å²) in [5.74, 6) is 0.772. The zero-order valence-electron chi connectivity index (χ0n) is 11.4. The molecular formula is C16H15N3OS. The summed E-state index contributed by atoms with van der Waals surface area (Å²) in [5.41, 5.74) is 4.38. The van der Waals surface area contributed by atoms with Crippen molar-refractivity contribution < 1.29 is 0 Å². The smallest absolute Gasteiger partial charge is 0.257 e. The molecule has 2 aromatic rings. The Morgan fingerprint density at radius 2 is 1.90 bits per heavy atom. The zero-order valence-corrected chi connectivity index (χ0v) is 12.2. The monoisotopic (exact) mass is 297 g/mol. The van der Waals surface area contributed by atoms with Gasteiger partial charge in [0.25, 0.3) is 5.56 Å². The molecule has 0 spiro atoms. The van der Waals surface area contributed by atoms with Crippen molar-refractivity contribution in [1.29, 1.82) is 0 Å². The minimum absolute atomic E-state index is 0.0237. The lowest BCUT2D eigenvalue weighted by Crippen LogP contribution is -2.26. The van der Waals surface area contributed by atoms with Gasteiger partial charge in [0, 0.05) is 11.6 Å². The molecule has 1 unspecified atom stereocenters. The van der Waals surface area contributed by atoms with Gasteiger partial charge >= 0.3 is 0 Å². The largest absolute Gasteiger partial charge is 0.345 e. The SMILES string of the molecule is O=c1[nH]c(=S)[nH]c2c1C(c1ccccc1)C1=C(CCC1)N2. The van der Waals surface area contributed by atoms with E-state index in [2.05, 4.69) is 27.4 Å². The first kappa shape index (κ1) is 12.6. The van der Waals surface area contributed by atoms with Crippen LogP contribution in [0.15, 0.2) is 46.4 Å². The van der Waals surface area contributed by atoms with Crippen molar-refractivity contribution >= 4 is 18.0 Å². The molecule has 1 atom stereocenters. The lowest BCUT2D eigenvalue weighted by atomic mass is 9.83. The number of benzene rings is 1. The van der Waals surface area contributed by atoms with Crippen molar-refractivity contribution in [1.82, 2.24) is 9.97 Å². The number of nitrogens with one attached hydrogen (secondary N) is 3. The minimum atomic E-state index is -0.103. The molecule has 0 amide bonds. The van der Waals surface area contributed by atoms with Gasteiger partial charge in [0.2, 0.25) is 0 Å². The van der Waals surface area contributed by atoms with Crippen LogP contribution in [0, 0.1) is 4.77 Å². The van der Waals surface area contributed by atoms with E-state index in [4.69, 9.17) is 12.2 Å². The van der Waals surface area contributed by atoms with Gasteiger partial charge < -0.3 is 10.3 Å². The molecule has 0 saturated heterocycles. The number of hydrogen-bond donors (Lipinski definition) is 3. The summed E-state index contributed by atoms with van der Waals surface area (Å²) < 4.78 is 0.361. The predicted molar refractivity (Wildman–Crippen MR) is 85.0 cm³/mol. The Kier molecular flexibility index (Phi) is 2.82. The first-order chi connectivity index (χ1) is 10.2. The Bertz CT molecular complexity index is 848. The van der Waals surface area contributed by atoms with E-state index in [1.807, 2.05) is 18.2 Å². The second-order valence-corrected chi connectivity index (χ2v) is 5.93. The average Bonchev–Trinajstić information content (AvgIpc) is 2.93. The molecular weight excluding hydrogens is 282 g/mol. The van der Waals surface area contributed by atoms with E-state index >= 15 is 0 Å². The molecule has 4 nitrogen and oxygen atoms in total. The molecule has 1 aliphatic carbocycles. The first-order valence-electron chi connectivity index (χ1n) is 7.14. The highest BCUT2D eigenvalue weighted by Gasteiger charge is 2.33. The highest BCUT2D eigenvalue weighted by molar-refractivity contribution is 7.71. The van der Waals surface area contributed by atoms with Gasteiger partial charge in [-0.2, -0.15) is 0 Å². The highest BCUT2D eigenvalue weighted by atomic mass is 32.1. The van der Waals surface area contributed by atoms with Crippen LogP contribution in [-0.4, -0.2) is 9.97 Å². The van der Waals surface area contributed by atoms with Gasteiger partial charge in [-0.3, -0.25) is 9.78 Å². The zero-order chi connectivity index (χ0) is 14.4. The lowest BCUT2D eigenvalue weighted by Gasteiger charge is -2.28. The molecule has 2 aliphatic rings. The fraction of sp³-hybridized carbons (Fsp3) is 0.250. The second-order valence-electron chi connectivity index (χ2n) is 5.52. The van der Waals surface area contributed by atoms with Gasteiger partial charge in [0.15, 0.2) is 4.77 Å². The average molecular weight is 297 g/mol. The van der Waals surface area contributed by atoms with E-state index in [0.717, 1.165) is 36.2 Å². The van der Waals surface area contributed by atoms with Crippen LogP contribution in [0.2, 0.25) is 0 Å². The number of H-pyrrole nitrogens is 2. The number of anilines is 1. The van der Waals surface area contributed by atoms with Crippen LogP contribution in [0.3, 0.4) is 0 Å². The summed E-state index contributed by atoms with van der Waals surface area (Å²) in [6.07, 6.45) is 3.20. The fourth-order valence-corrected chi connectivity index (χ4v) is 3.63.